The van der Waals surface area contributed by atoms with Crippen molar-refractivity contribution in [1.82, 2.24) is 4.31 Å². The van der Waals surface area contributed by atoms with Gasteiger partial charge in [-0.1, -0.05) is 24.3 Å². The number of amides is 1. The minimum Gasteiger partial charge on any atom is -0.497 e. The SMILES string of the molecule is COc1ccc(S(=O)(=O)N2CC(Oc3ccccc3)CC2C(=O)Nc2ccc(C)c(C)c2)cc1. The Balaban J connectivity index is 1.62. The van der Waals surface area contributed by atoms with Gasteiger partial charge in [-0.05, 0) is 73.5 Å². The number of aryl methyl sites for hydroxylation is 2. The summed E-state index contributed by atoms with van der Waals surface area (Å²) in [5, 5.41) is 2.89. The second kappa shape index (κ2) is 9.87. The average molecular weight is 481 g/mol. The van der Waals surface area contributed by atoms with Gasteiger partial charge < -0.3 is 14.8 Å². The molecule has 34 heavy (non-hydrogen) atoms. The smallest absolute Gasteiger partial charge is 0.243 e. The molecule has 0 radical (unpaired) electrons. The second-order valence-corrected chi connectivity index (χ2v) is 10.2. The molecule has 1 aliphatic heterocycles. The number of carbonyl (C=O) groups is 1. The summed E-state index contributed by atoms with van der Waals surface area (Å²) in [4.78, 5) is 13.4. The second-order valence-electron chi connectivity index (χ2n) is 8.34. The van der Waals surface area contributed by atoms with E-state index < -0.39 is 22.2 Å². The first-order valence-electron chi connectivity index (χ1n) is 11.0. The van der Waals surface area contributed by atoms with Crippen LogP contribution in [-0.2, 0) is 14.8 Å². The molecule has 178 valence electrons. The van der Waals surface area contributed by atoms with E-state index in [4.69, 9.17) is 9.47 Å². The van der Waals surface area contributed by atoms with E-state index in [2.05, 4.69) is 5.32 Å². The van der Waals surface area contributed by atoms with Crippen LogP contribution >= 0.6 is 0 Å². The highest BCUT2D eigenvalue weighted by atomic mass is 32.2. The van der Waals surface area contributed by atoms with Crippen LogP contribution in [0, 0.1) is 13.8 Å². The van der Waals surface area contributed by atoms with Gasteiger partial charge >= 0.3 is 0 Å². The number of hydrogen-bond donors (Lipinski definition) is 1. The highest BCUT2D eigenvalue weighted by molar-refractivity contribution is 7.89. The minimum absolute atomic E-state index is 0.0638. The molecule has 1 N–H and O–H groups in total. The lowest BCUT2D eigenvalue weighted by atomic mass is 10.1. The molecule has 1 aliphatic rings. The topological polar surface area (TPSA) is 84.9 Å². The lowest BCUT2D eigenvalue weighted by Crippen LogP contribution is -2.43. The zero-order chi connectivity index (χ0) is 24.3. The lowest BCUT2D eigenvalue weighted by molar-refractivity contribution is -0.119. The summed E-state index contributed by atoms with van der Waals surface area (Å²) < 4.78 is 39.5. The molecule has 0 aromatic heterocycles. The summed E-state index contributed by atoms with van der Waals surface area (Å²) in [6.07, 6.45) is -0.230. The standard InChI is InChI=1S/C26H28N2O5S/c1-18-9-10-20(15-19(18)2)27-26(29)25-16-23(33-22-7-5-4-6-8-22)17-28(25)34(30,31)24-13-11-21(32-3)12-14-24/h4-15,23,25H,16-17H2,1-3H3,(H,27,29). The Bertz CT molecular complexity index is 1260. The summed E-state index contributed by atoms with van der Waals surface area (Å²) in [6.45, 7) is 4.02. The summed E-state index contributed by atoms with van der Waals surface area (Å²) in [5.74, 6) is 0.790. The normalized spacial score (nSPS) is 18.4. The maximum Gasteiger partial charge on any atom is 0.243 e. The Kier molecular flexibility index (Phi) is 6.90. The molecule has 0 bridgehead atoms. The maximum absolute atomic E-state index is 13.5. The van der Waals surface area contributed by atoms with Crippen molar-refractivity contribution in [3.8, 4) is 11.5 Å². The van der Waals surface area contributed by atoms with E-state index in [-0.39, 0.29) is 23.8 Å². The van der Waals surface area contributed by atoms with Crippen LogP contribution in [0.25, 0.3) is 0 Å². The van der Waals surface area contributed by atoms with E-state index in [0.717, 1.165) is 11.1 Å². The van der Waals surface area contributed by atoms with Crippen molar-refractivity contribution in [1.29, 1.82) is 0 Å². The number of rotatable bonds is 7. The number of para-hydroxylation sites is 1. The van der Waals surface area contributed by atoms with E-state index in [1.807, 2.05) is 62.4 Å². The Morgan fingerprint density at radius 1 is 0.941 bits per heavy atom. The monoisotopic (exact) mass is 480 g/mol. The van der Waals surface area contributed by atoms with E-state index in [0.29, 0.717) is 17.2 Å². The van der Waals surface area contributed by atoms with Gasteiger partial charge in [-0.25, -0.2) is 8.42 Å². The van der Waals surface area contributed by atoms with Crippen LogP contribution in [0.1, 0.15) is 17.5 Å². The Morgan fingerprint density at radius 2 is 1.65 bits per heavy atom. The van der Waals surface area contributed by atoms with Crippen molar-refractivity contribution >= 4 is 21.6 Å². The molecule has 2 unspecified atom stereocenters. The van der Waals surface area contributed by atoms with Gasteiger partial charge in [0, 0.05) is 12.1 Å². The van der Waals surface area contributed by atoms with E-state index in [9.17, 15) is 13.2 Å². The predicted molar refractivity (Wildman–Crippen MR) is 131 cm³/mol. The molecule has 3 aromatic rings. The number of hydrogen-bond acceptors (Lipinski definition) is 5. The summed E-state index contributed by atoms with van der Waals surface area (Å²) in [6, 6.07) is 20.0. The molecule has 1 saturated heterocycles. The number of nitrogens with zero attached hydrogens (tertiary/aromatic N) is 1. The van der Waals surface area contributed by atoms with Crippen LogP contribution < -0.4 is 14.8 Å². The summed E-state index contributed by atoms with van der Waals surface area (Å²) >= 11 is 0. The zero-order valence-electron chi connectivity index (χ0n) is 19.4. The van der Waals surface area contributed by atoms with Crippen molar-refractivity contribution in [2.45, 2.75) is 37.3 Å². The first-order valence-corrected chi connectivity index (χ1v) is 12.5. The molecule has 4 rings (SSSR count). The van der Waals surface area contributed by atoms with Crippen molar-refractivity contribution in [2.24, 2.45) is 0 Å². The van der Waals surface area contributed by atoms with Crippen molar-refractivity contribution < 1.29 is 22.7 Å². The van der Waals surface area contributed by atoms with Gasteiger partial charge in [-0.15, -0.1) is 0 Å². The van der Waals surface area contributed by atoms with Crippen LogP contribution in [-0.4, -0.2) is 44.4 Å². The fourth-order valence-electron chi connectivity index (χ4n) is 3.98. The highest BCUT2D eigenvalue weighted by Gasteiger charge is 2.45. The van der Waals surface area contributed by atoms with Gasteiger partial charge in [0.25, 0.3) is 0 Å². The Morgan fingerprint density at radius 3 is 2.29 bits per heavy atom. The number of benzene rings is 3. The van der Waals surface area contributed by atoms with Crippen LogP contribution in [0.2, 0.25) is 0 Å². The highest BCUT2D eigenvalue weighted by Crippen LogP contribution is 2.30. The number of sulfonamides is 1. The molecule has 1 amide bonds. The van der Waals surface area contributed by atoms with Crippen LogP contribution in [0.4, 0.5) is 5.69 Å². The van der Waals surface area contributed by atoms with Crippen LogP contribution in [0.5, 0.6) is 11.5 Å². The molecule has 3 aromatic carbocycles. The fraction of sp³-hybridized carbons (Fsp3) is 0.269. The third-order valence-corrected chi connectivity index (χ3v) is 7.90. The number of methoxy groups -OCH3 is 1. The number of carbonyl (C=O) groups excluding carboxylic acids is 1. The molecule has 1 heterocycles. The van der Waals surface area contributed by atoms with Gasteiger partial charge in [0.05, 0.1) is 18.6 Å². The molecule has 8 heteroatoms. The molecule has 0 spiro atoms. The maximum atomic E-state index is 13.5. The molecule has 1 fully saturated rings. The molecule has 2 atom stereocenters. The summed E-state index contributed by atoms with van der Waals surface area (Å²) in [7, 11) is -2.44. The van der Waals surface area contributed by atoms with E-state index >= 15 is 0 Å². The van der Waals surface area contributed by atoms with Gasteiger partial charge in [0.15, 0.2) is 0 Å². The quantitative estimate of drug-likeness (QED) is 0.549. The van der Waals surface area contributed by atoms with Gasteiger partial charge in [-0.3, -0.25) is 4.79 Å². The molecule has 7 nitrogen and oxygen atoms in total. The van der Waals surface area contributed by atoms with Gasteiger partial charge in [-0.2, -0.15) is 4.31 Å². The first-order chi connectivity index (χ1) is 16.3. The van der Waals surface area contributed by atoms with Crippen LogP contribution in [0.15, 0.2) is 77.7 Å². The van der Waals surface area contributed by atoms with E-state index in [1.165, 1.54) is 23.5 Å². The lowest BCUT2D eigenvalue weighted by Gasteiger charge is -2.23. The van der Waals surface area contributed by atoms with Crippen molar-refractivity contribution in [2.75, 3.05) is 19.0 Å². The fourth-order valence-corrected chi connectivity index (χ4v) is 5.61. The molecular formula is C26H28N2O5S. The Labute approximate surface area is 200 Å². The average Bonchev–Trinajstić information content (AvgIpc) is 3.27. The third-order valence-electron chi connectivity index (χ3n) is 6.01. The van der Waals surface area contributed by atoms with Crippen molar-refractivity contribution in [3.63, 3.8) is 0 Å². The zero-order valence-corrected chi connectivity index (χ0v) is 20.2. The van der Waals surface area contributed by atoms with E-state index in [1.54, 1.807) is 12.1 Å². The number of nitrogens with one attached hydrogen (secondary N) is 1. The molecule has 0 aliphatic carbocycles. The predicted octanol–water partition coefficient (Wildman–Crippen LogP) is 4.16. The van der Waals surface area contributed by atoms with Crippen molar-refractivity contribution in [3.05, 3.63) is 83.9 Å². The largest absolute Gasteiger partial charge is 0.497 e. The molecular weight excluding hydrogens is 452 g/mol. The minimum atomic E-state index is -3.95. The third kappa shape index (κ3) is 5.08. The number of anilines is 1. The Hall–Kier alpha value is -3.36. The number of ether oxygens (including phenoxy) is 2. The van der Waals surface area contributed by atoms with Crippen LogP contribution in [0.3, 0.4) is 0 Å². The molecule has 0 saturated carbocycles. The summed E-state index contributed by atoms with van der Waals surface area (Å²) in [5.41, 5.74) is 2.78. The first kappa shape index (κ1) is 23.8. The van der Waals surface area contributed by atoms with Gasteiger partial charge in [0.1, 0.15) is 23.6 Å². The van der Waals surface area contributed by atoms with Gasteiger partial charge in [0.2, 0.25) is 15.9 Å².